The van der Waals surface area contributed by atoms with E-state index in [2.05, 4.69) is 11.9 Å². The van der Waals surface area contributed by atoms with Crippen LogP contribution in [0.5, 0.6) is 0 Å². The van der Waals surface area contributed by atoms with Gasteiger partial charge >= 0.3 is 0 Å². The number of thioether (sulfide) groups is 1. The molecule has 1 saturated heterocycles. The monoisotopic (exact) mass is 335 g/mol. The zero-order valence-electron chi connectivity index (χ0n) is 14.1. The van der Waals surface area contributed by atoms with Gasteiger partial charge in [-0.25, -0.2) is 4.98 Å². The summed E-state index contributed by atoms with van der Waals surface area (Å²) in [6.45, 7) is 8.02. The Morgan fingerprint density at radius 1 is 1.39 bits per heavy atom. The third-order valence-electron chi connectivity index (χ3n) is 4.85. The predicted octanol–water partition coefficient (Wildman–Crippen LogP) is 2.66. The number of carbonyl (C=O) groups excluding carboxylic acids is 1. The normalized spacial score (nSPS) is 21.7. The van der Waals surface area contributed by atoms with E-state index >= 15 is 0 Å². The van der Waals surface area contributed by atoms with Crippen LogP contribution in [-0.2, 0) is 4.79 Å². The van der Waals surface area contributed by atoms with Crippen LogP contribution in [0.2, 0.25) is 0 Å². The minimum absolute atomic E-state index is 0.0197. The fourth-order valence-electron chi connectivity index (χ4n) is 3.20. The maximum atomic E-state index is 12.5. The van der Waals surface area contributed by atoms with Crippen LogP contribution in [0.4, 0.5) is 0 Å². The fourth-order valence-corrected chi connectivity index (χ4v) is 4.36. The van der Waals surface area contributed by atoms with Crippen LogP contribution in [-0.4, -0.2) is 39.2 Å². The average Bonchev–Trinajstić information content (AvgIpc) is 2.91. The van der Waals surface area contributed by atoms with Crippen molar-refractivity contribution in [3.8, 4) is 0 Å². The molecule has 1 aromatic rings. The van der Waals surface area contributed by atoms with Crippen molar-refractivity contribution in [1.29, 1.82) is 0 Å². The van der Waals surface area contributed by atoms with Crippen molar-refractivity contribution in [2.24, 2.45) is 5.92 Å². The van der Waals surface area contributed by atoms with E-state index in [9.17, 15) is 9.59 Å². The highest BCUT2D eigenvalue weighted by molar-refractivity contribution is 7.99. The van der Waals surface area contributed by atoms with Crippen LogP contribution >= 0.6 is 11.8 Å². The summed E-state index contributed by atoms with van der Waals surface area (Å²) in [5, 5.41) is 0.770. The van der Waals surface area contributed by atoms with Crippen LogP contribution in [0.1, 0.15) is 57.7 Å². The van der Waals surface area contributed by atoms with E-state index in [0.29, 0.717) is 12.3 Å². The van der Waals surface area contributed by atoms with Gasteiger partial charge in [-0.15, -0.1) is 0 Å². The van der Waals surface area contributed by atoms with Gasteiger partial charge in [0, 0.05) is 31.3 Å². The summed E-state index contributed by atoms with van der Waals surface area (Å²) in [6.07, 6.45) is 2.58. The molecule has 3 rings (SSSR count). The second-order valence-corrected chi connectivity index (χ2v) is 8.05. The number of hydrogen-bond donors (Lipinski definition) is 0. The summed E-state index contributed by atoms with van der Waals surface area (Å²) in [5.41, 5.74) is 0.819. The zero-order valence-corrected chi connectivity index (χ0v) is 14.9. The number of piperidine rings is 1. The summed E-state index contributed by atoms with van der Waals surface area (Å²) in [5.74, 6) is 1.89. The fraction of sp³-hybridized carbons (Fsp3) is 0.706. The van der Waals surface area contributed by atoms with Crippen molar-refractivity contribution in [2.75, 3.05) is 18.8 Å². The first-order valence-corrected chi connectivity index (χ1v) is 9.48. The van der Waals surface area contributed by atoms with Gasteiger partial charge in [0.1, 0.15) is 0 Å². The molecule has 3 heterocycles. The second kappa shape index (κ2) is 6.67. The lowest BCUT2D eigenvalue weighted by atomic mass is 9.99. The summed E-state index contributed by atoms with van der Waals surface area (Å²) in [4.78, 5) is 31.5. The first-order chi connectivity index (χ1) is 11.0. The molecule has 0 N–H and O–H groups in total. The Morgan fingerprint density at radius 3 is 2.74 bits per heavy atom. The Labute approximate surface area is 141 Å². The second-order valence-electron chi connectivity index (χ2n) is 7.06. The number of amides is 1. The van der Waals surface area contributed by atoms with Crippen molar-refractivity contribution in [3.05, 3.63) is 22.1 Å². The van der Waals surface area contributed by atoms with E-state index in [1.165, 1.54) is 0 Å². The number of likely N-dealkylation sites (tertiary alicyclic amines) is 1. The highest BCUT2D eigenvalue weighted by Crippen LogP contribution is 2.33. The Balaban J connectivity index is 1.73. The Morgan fingerprint density at radius 2 is 2.09 bits per heavy atom. The Bertz CT molecular complexity index is 648. The van der Waals surface area contributed by atoms with Crippen LogP contribution in [0.15, 0.2) is 16.0 Å². The van der Waals surface area contributed by atoms with Crippen molar-refractivity contribution < 1.29 is 4.79 Å². The van der Waals surface area contributed by atoms with E-state index in [-0.39, 0.29) is 23.4 Å². The maximum Gasteiger partial charge on any atom is 0.254 e. The van der Waals surface area contributed by atoms with E-state index < -0.39 is 0 Å². The lowest BCUT2D eigenvalue weighted by Crippen LogP contribution is -2.39. The molecule has 5 nitrogen and oxygen atoms in total. The molecule has 126 valence electrons. The largest absolute Gasteiger partial charge is 0.343 e. The van der Waals surface area contributed by atoms with Crippen molar-refractivity contribution in [2.45, 2.75) is 57.1 Å². The lowest BCUT2D eigenvalue weighted by molar-refractivity contribution is -0.133. The molecule has 6 heteroatoms. The molecule has 0 radical (unpaired) electrons. The Hall–Kier alpha value is -1.30. The molecule has 0 bridgehead atoms. The summed E-state index contributed by atoms with van der Waals surface area (Å²) < 4.78 is 1.72. The first-order valence-electron chi connectivity index (χ1n) is 8.49. The van der Waals surface area contributed by atoms with E-state index in [4.69, 9.17) is 0 Å². The lowest BCUT2D eigenvalue weighted by Gasteiger charge is -2.31. The van der Waals surface area contributed by atoms with Gasteiger partial charge in [0.25, 0.3) is 5.56 Å². The van der Waals surface area contributed by atoms with Gasteiger partial charge in [-0.05, 0) is 24.7 Å². The average molecular weight is 335 g/mol. The number of carbonyl (C=O) groups is 1. The predicted molar refractivity (Wildman–Crippen MR) is 91.9 cm³/mol. The minimum Gasteiger partial charge on any atom is -0.343 e. The van der Waals surface area contributed by atoms with Gasteiger partial charge in [-0.2, -0.15) is 0 Å². The smallest absolute Gasteiger partial charge is 0.254 e. The molecule has 2 aliphatic heterocycles. The van der Waals surface area contributed by atoms with Gasteiger partial charge in [-0.1, -0.05) is 32.5 Å². The van der Waals surface area contributed by atoms with Gasteiger partial charge in [-0.3, -0.25) is 14.2 Å². The quantitative estimate of drug-likeness (QED) is 0.797. The molecule has 23 heavy (non-hydrogen) atoms. The van der Waals surface area contributed by atoms with E-state index in [1.807, 2.05) is 18.7 Å². The van der Waals surface area contributed by atoms with Gasteiger partial charge in [0.15, 0.2) is 5.16 Å². The molecule has 1 atom stereocenters. The first kappa shape index (κ1) is 16.6. The zero-order chi connectivity index (χ0) is 16.6. The number of rotatable bonds is 3. The summed E-state index contributed by atoms with van der Waals surface area (Å²) in [6, 6.07) is 1.57. The molecule has 0 aliphatic carbocycles. The third-order valence-corrected chi connectivity index (χ3v) is 5.95. The van der Waals surface area contributed by atoms with Crippen molar-refractivity contribution >= 4 is 17.7 Å². The van der Waals surface area contributed by atoms with Crippen LogP contribution in [0, 0.1) is 5.92 Å². The molecule has 0 spiro atoms. The van der Waals surface area contributed by atoms with E-state index in [1.54, 1.807) is 22.4 Å². The SMILES string of the molecule is CC1CCN(C(=O)CC2CSc3nc(C(C)C)cc(=O)n32)CC1. The molecule has 0 aromatic carbocycles. The number of aromatic nitrogens is 2. The van der Waals surface area contributed by atoms with Crippen LogP contribution in [0.25, 0.3) is 0 Å². The summed E-state index contributed by atoms with van der Waals surface area (Å²) in [7, 11) is 0. The molecule has 1 aromatic heterocycles. The number of fused-ring (bicyclic) bond motifs is 1. The number of hydrogen-bond acceptors (Lipinski definition) is 4. The molecule has 0 saturated carbocycles. The molecular weight excluding hydrogens is 310 g/mol. The standard InChI is InChI=1S/C17H25N3O2S/c1-11(2)14-9-16(22)20-13(10-23-17(20)18-14)8-15(21)19-6-4-12(3)5-7-19/h9,11-13H,4-8,10H2,1-3H3. The van der Waals surface area contributed by atoms with Crippen LogP contribution in [0.3, 0.4) is 0 Å². The van der Waals surface area contributed by atoms with E-state index in [0.717, 1.165) is 42.5 Å². The maximum absolute atomic E-state index is 12.5. The van der Waals surface area contributed by atoms with Crippen LogP contribution < -0.4 is 5.56 Å². The van der Waals surface area contributed by atoms with Crippen molar-refractivity contribution in [1.82, 2.24) is 14.5 Å². The van der Waals surface area contributed by atoms with Gasteiger partial charge < -0.3 is 4.90 Å². The Kier molecular flexibility index (Phi) is 4.80. The van der Waals surface area contributed by atoms with Gasteiger partial charge in [0.2, 0.25) is 5.91 Å². The highest BCUT2D eigenvalue weighted by Gasteiger charge is 2.30. The molecular formula is C17H25N3O2S. The highest BCUT2D eigenvalue weighted by atomic mass is 32.2. The minimum atomic E-state index is -0.0527. The summed E-state index contributed by atoms with van der Waals surface area (Å²) >= 11 is 1.59. The third kappa shape index (κ3) is 3.47. The van der Waals surface area contributed by atoms with Crippen molar-refractivity contribution in [3.63, 3.8) is 0 Å². The molecule has 2 aliphatic rings. The molecule has 1 amide bonds. The number of nitrogens with zero attached hydrogens (tertiary/aromatic N) is 3. The topological polar surface area (TPSA) is 55.2 Å². The van der Waals surface area contributed by atoms with Gasteiger partial charge in [0.05, 0.1) is 11.7 Å². The molecule has 1 fully saturated rings. The molecule has 1 unspecified atom stereocenters.